The second-order valence-electron chi connectivity index (χ2n) is 3.06. The van der Waals surface area contributed by atoms with Crippen LogP contribution in [-0.4, -0.2) is 12.7 Å². The molecule has 0 saturated heterocycles. The Kier molecular flexibility index (Phi) is 2.49. The Bertz CT molecular complexity index is 346. The van der Waals surface area contributed by atoms with Gasteiger partial charge >= 0.3 is 6.09 Å². The lowest BCUT2D eigenvalue weighted by Crippen LogP contribution is -2.26. The van der Waals surface area contributed by atoms with E-state index in [1.54, 1.807) is 0 Å². The van der Waals surface area contributed by atoms with Crippen LogP contribution in [0.1, 0.15) is 11.6 Å². The van der Waals surface area contributed by atoms with Gasteiger partial charge in [0.15, 0.2) is 0 Å². The molecule has 1 aliphatic heterocycles. The van der Waals surface area contributed by atoms with E-state index in [1.165, 1.54) is 0 Å². The zero-order valence-electron chi connectivity index (χ0n) is 7.64. The predicted molar refractivity (Wildman–Crippen MR) is 52.8 cm³/mol. The zero-order chi connectivity index (χ0) is 9.80. The van der Waals surface area contributed by atoms with Crippen LogP contribution in [-0.2, 0) is 4.74 Å². The van der Waals surface area contributed by atoms with Crippen LogP contribution in [0, 0.1) is 0 Å². The fourth-order valence-corrected chi connectivity index (χ4v) is 1.39. The molecule has 1 aromatic rings. The molecule has 1 aromatic carbocycles. The van der Waals surface area contributed by atoms with Gasteiger partial charge < -0.3 is 10.1 Å². The van der Waals surface area contributed by atoms with E-state index in [0.29, 0.717) is 6.61 Å². The third kappa shape index (κ3) is 1.93. The third-order valence-electron chi connectivity index (χ3n) is 2.07. The number of benzene rings is 1. The van der Waals surface area contributed by atoms with Gasteiger partial charge in [-0.1, -0.05) is 36.4 Å². The van der Waals surface area contributed by atoms with E-state index < -0.39 is 0 Å². The Hall–Kier alpha value is -1.77. The molecule has 0 aliphatic carbocycles. The van der Waals surface area contributed by atoms with E-state index >= 15 is 0 Å². The van der Waals surface area contributed by atoms with Gasteiger partial charge in [0.25, 0.3) is 0 Å². The zero-order valence-corrected chi connectivity index (χ0v) is 7.64. The summed E-state index contributed by atoms with van der Waals surface area (Å²) in [5.41, 5.74) is 1.06. The molecule has 3 nitrogen and oxygen atoms in total. The number of alkyl carbamates (subject to hydrolysis) is 1. The standard InChI is InChI=1S/C11H11NO2/c13-11-12-10(7-4-8-14-11)9-5-2-1-3-6-9/h1-7,10H,8H2,(H,12,13). The smallest absolute Gasteiger partial charge is 0.408 e. The number of nitrogens with one attached hydrogen (secondary N) is 1. The van der Waals surface area contributed by atoms with Crippen molar-refractivity contribution >= 4 is 6.09 Å². The van der Waals surface area contributed by atoms with Gasteiger partial charge in [-0.25, -0.2) is 4.79 Å². The quantitative estimate of drug-likeness (QED) is 0.686. The van der Waals surface area contributed by atoms with Crippen LogP contribution in [0.25, 0.3) is 0 Å². The van der Waals surface area contributed by atoms with Crippen molar-refractivity contribution in [1.82, 2.24) is 5.32 Å². The van der Waals surface area contributed by atoms with Crippen molar-refractivity contribution in [1.29, 1.82) is 0 Å². The highest BCUT2D eigenvalue weighted by Crippen LogP contribution is 2.15. The molecule has 0 fully saturated rings. The molecular formula is C11H11NO2. The molecule has 1 N–H and O–H groups in total. The molecule has 14 heavy (non-hydrogen) atoms. The average Bonchev–Trinajstić information content (AvgIpc) is 2.44. The maximum absolute atomic E-state index is 11.1. The lowest BCUT2D eigenvalue weighted by Gasteiger charge is -2.12. The first-order valence-corrected chi connectivity index (χ1v) is 4.51. The van der Waals surface area contributed by atoms with Crippen molar-refractivity contribution in [3.8, 4) is 0 Å². The normalized spacial score (nSPS) is 20.9. The Morgan fingerprint density at radius 1 is 1.29 bits per heavy atom. The molecule has 1 aliphatic rings. The van der Waals surface area contributed by atoms with E-state index in [9.17, 15) is 4.79 Å². The van der Waals surface area contributed by atoms with Crippen molar-refractivity contribution in [2.24, 2.45) is 0 Å². The van der Waals surface area contributed by atoms with Crippen LogP contribution in [0.15, 0.2) is 42.5 Å². The van der Waals surface area contributed by atoms with Gasteiger partial charge in [-0.15, -0.1) is 0 Å². The molecule has 1 amide bonds. The summed E-state index contributed by atoms with van der Waals surface area (Å²) < 4.78 is 4.82. The Balaban J connectivity index is 2.21. The number of cyclic esters (lactones) is 1. The summed E-state index contributed by atoms with van der Waals surface area (Å²) in [5.74, 6) is 0. The van der Waals surface area contributed by atoms with E-state index in [2.05, 4.69) is 5.32 Å². The van der Waals surface area contributed by atoms with E-state index in [0.717, 1.165) is 5.56 Å². The molecule has 0 radical (unpaired) electrons. The fourth-order valence-electron chi connectivity index (χ4n) is 1.39. The van der Waals surface area contributed by atoms with Crippen molar-refractivity contribution in [3.05, 3.63) is 48.0 Å². The van der Waals surface area contributed by atoms with Crippen molar-refractivity contribution < 1.29 is 9.53 Å². The van der Waals surface area contributed by atoms with Crippen molar-refractivity contribution in [2.75, 3.05) is 6.61 Å². The van der Waals surface area contributed by atoms with Crippen LogP contribution in [0.3, 0.4) is 0 Å². The van der Waals surface area contributed by atoms with Crippen LogP contribution in [0.5, 0.6) is 0 Å². The lowest BCUT2D eigenvalue weighted by atomic mass is 10.1. The highest BCUT2D eigenvalue weighted by atomic mass is 16.5. The number of carbonyl (C=O) groups excluding carboxylic acids is 1. The Morgan fingerprint density at radius 3 is 2.86 bits per heavy atom. The number of carbonyl (C=O) groups is 1. The Labute approximate surface area is 82.4 Å². The Morgan fingerprint density at radius 2 is 2.07 bits per heavy atom. The van der Waals surface area contributed by atoms with Crippen molar-refractivity contribution in [3.63, 3.8) is 0 Å². The molecule has 3 heteroatoms. The summed E-state index contributed by atoms with van der Waals surface area (Å²) in [6.45, 7) is 0.342. The van der Waals surface area contributed by atoms with Crippen LogP contribution in [0.4, 0.5) is 4.79 Å². The van der Waals surface area contributed by atoms with Gasteiger partial charge in [-0.05, 0) is 11.6 Å². The molecule has 0 saturated carbocycles. The van der Waals surface area contributed by atoms with E-state index in [4.69, 9.17) is 4.74 Å². The van der Waals surface area contributed by atoms with Crippen LogP contribution < -0.4 is 5.32 Å². The second kappa shape index (κ2) is 3.96. The molecule has 1 unspecified atom stereocenters. The predicted octanol–water partition coefficient (Wildman–Crippen LogP) is 2.02. The topological polar surface area (TPSA) is 38.3 Å². The molecular weight excluding hydrogens is 178 g/mol. The summed E-state index contributed by atoms with van der Waals surface area (Å²) >= 11 is 0. The molecule has 1 atom stereocenters. The fraction of sp³-hybridized carbons (Fsp3) is 0.182. The molecule has 0 bridgehead atoms. The molecule has 2 rings (SSSR count). The number of rotatable bonds is 1. The molecule has 72 valence electrons. The van der Waals surface area contributed by atoms with E-state index in [-0.39, 0.29) is 12.1 Å². The van der Waals surface area contributed by atoms with E-state index in [1.807, 2.05) is 42.5 Å². The van der Waals surface area contributed by atoms with Gasteiger partial charge in [-0.2, -0.15) is 0 Å². The number of hydrogen-bond donors (Lipinski definition) is 1. The first kappa shape index (κ1) is 8.81. The summed E-state index contributed by atoms with van der Waals surface area (Å²) in [7, 11) is 0. The minimum atomic E-state index is -0.371. The summed E-state index contributed by atoms with van der Waals surface area (Å²) in [6, 6.07) is 9.71. The molecule has 1 heterocycles. The number of ether oxygens (including phenoxy) is 1. The third-order valence-corrected chi connectivity index (χ3v) is 2.07. The lowest BCUT2D eigenvalue weighted by molar-refractivity contribution is 0.158. The van der Waals surface area contributed by atoms with Gasteiger partial charge in [-0.3, -0.25) is 0 Å². The van der Waals surface area contributed by atoms with Gasteiger partial charge in [0.2, 0.25) is 0 Å². The highest BCUT2D eigenvalue weighted by Gasteiger charge is 2.13. The largest absolute Gasteiger partial charge is 0.445 e. The first-order chi connectivity index (χ1) is 6.86. The maximum Gasteiger partial charge on any atom is 0.408 e. The monoisotopic (exact) mass is 189 g/mol. The van der Waals surface area contributed by atoms with Crippen LogP contribution >= 0.6 is 0 Å². The number of amides is 1. The minimum absolute atomic E-state index is 0.0776. The summed E-state index contributed by atoms with van der Waals surface area (Å²) in [4.78, 5) is 11.1. The summed E-state index contributed by atoms with van der Waals surface area (Å²) in [5, 5.41) is 2.75. The molecule has 0 spiro atoms. The minimum Gasteiger partial charge on any atom is -0.445 e. The van der Waals surface area contributed by atoms with Gasteiger partial charge in [0.05, 0.1) is 6.04 Å². The summed E-state index contributed by atoms with van der Waals surface area (Å²) in [6.07, 6.45) is 3.40. The van der Waals surface area contributed by atoms with Gasteiger partial charge in [0, 0.05) is 0 Å². The highest BCUT2D eigenvalue weighted by molar-refractivity contribution is 5.68. The number of hydrogen-bond acceptors (Lipinski definition) is 2. The average molecular weight is 189 g/mol. The van der Waals surface area contributed by atoms with Crippen molar-refractivity contribution in [2.45, 2.75) is 6.04 Å². The van der Waals surface area contributed by atoms with Gasteiger partial charge in [0.1, 0.15) is 6.61 Å². The SMILES string of the molecule is O=C1NC(c2ccccc2)C=CCO1. The maximum atomic E-state index is 11.1. The second-order valence-corrected chi connectivity index (χ2v) is 3.06. The molecule has 0 aromatic heterocycles. The first-order valence-electron chi connectivity index (χ1n) is 4.51. The van der Waals surface area contributed by atoms with Crippen LogP contribution in [0.2, 0.25) is 0 Å².